The molecule has 0 spiro atoms. The molecule has 0 aliphatic heterocycles. The van der Waals surface area contributed by atoms with Gasteiger partial charge in [0.05, 0.1) is 24.2 Å². The molecule has 1 N–H and O–H groups in total. The summed E-state index contributed by atoms with van der Waals surface area (Å²) in [6, 6.07) is 14.7. The second-order valence-corrected chi connectivity index (χ2v) is 11.6. The summed E-state index contributed by atoms with van der Waals surface area (Å²) in [6.45, 7) is 3.74. The van der Waals surface area contributed by atoms with Gasteiger partial charge in [0, 0.05) is 38.1 Å². The van der Waals surface area contributed by atoms with Crippen molar-refractivity contribution in [2.75, 3.05) is 27.2 Å². The summed E-state index contributed by atoms with van der Waals surface area (Å²) in [7, 11) is -0.906. The number of aliphatic hydroxyl groups excluding tert-OH is 1. The number of nitrogens with zero attached hydrogens (tertiary/aromatic N) is 4. The Morgan fingerprint density at radius 2 is 1.62 bits per heavy atom. The number of hydrogen-bond acceptors (Lipinski definition) is 8. The van der Waals surface area contributed by atoms with Gasteiger partial charge >= 0.3 is 6.09 Å². The van der Waals surface area contributed by atoms with E-state index in [-0.39, 0.29) is 30.5 Å². The summed E-state index contributed by atoms with van der Waals surface area (Å²) in [6.07, 6.45) is 2.89. The van der Waals surface area contributed by atoms with Gasteiger partial charge in [-0.15, -0.1) is 0 Å². The minimum absolute atomic E-state index is 0.00594. The fourth-order valence-corrected chi connectivity index (χ4v) is 5.70. The second-order valence-electron chi connectivity index (χ2n) is 9.63. The molecule has 0 saturated carbocycles. The second kappa shape index (κ2) is 14.0. The monoisotopic (exact) mass is 556 g/mol. The van der Waals surface area contributed by atoms with Crippen LogP contribution in [-0.4, -0.2) is 78.2 Å². The number of aromatic nitrogens is 2. The van der Waals surface area contributed by atoms with E-state index in [1.54, 1.807) is 24.5 Å². The molecule has 1 aromatic heterocycles. The first-order valence-corrected chi connectivity index (χ1v) is 14.1. The lowest BCUT2D eigenvalue weighted by Crippen LogP contribution is -2.51. The van der Waals surface area contributed by atoms with E-state index in [9.17, 15) is 18.3 Å². The van der Waals surface area contributed by atoms with Gasteiger partial charge in [0.1, 0.15) is 18.7 Å². The Balaban J connectivity index is 1.84. The van der Waals surface area contributed by atoms with E-state index in [0.29, 0.717) is 17.7 Å². The van der Waals surface area contributed by atoms with Crippen molar-refractivity contribution in [2.24, 2.45) is 5.92 Å². The number of ether oxygens (including phenoxy) is 2. The maximum Gasteiger partial charge on any atom is 0.410 e. The Labute approximate surface area is 230 Å². The zero-order valence-corrected chi connectivity index (χ0v) is 23.5. The standard InChI is InChI=1S/C28H36N4O6S/c1-21(2)17-32(39(35,36)25-12-10-24(37-4)11-13-25)18-27(33)26(14-22-8-6-5-7-9-22)31(3)28(34)38-19-23-15-29-20-30-16-23/h5-13,15-16,20-21,26-27,33H,14,17-19H2,1-4H3/t26-,27+/m0/s1. The van der Waals surface area contributed by atoms with E-state index in [1.165, 1.54) is 41.8 Å². The van der Waals surface area contributed by atoms with E-state index in [2.05, 4.69) is 9.97 Å². The number of benzene rings is 2. The minimum atomic E-state index is -3.95. The fraction of sp³-hybridized carbons (Fsp3) is 0.393. The molecule has 3 rings (SSSR count). The van der Waals surface area contributed by atoms with Gasteiger partial charge in [0.2, 0.25) is 10.0 Å². The van der Waals surface area contributed by atoms with Crippen molar-refractivity contribution < 1.29 is 27.8 Å². The van der Waals surface area contributed by atoms with Gasteiger partial charge in [0.15, 0.2) is 0 Å². The van der Waals surface area contributed by atoms with Crippen molar-refractivity contribution in [2.45, 2.75) is 43.9 Å². The van der Waals surface area contributed by atoms with Gasteiger partial charge < -0.3 is 19.5 Å². The van der Waals surface area contributed by atoms with Crippen molar-refractivity contribution in [3.8, 4) is 5.75 Å². The number of carbonyl (C=O) groups is 1. The maximum atomic E-state index is 13.6. The van der Waals surface area contributed by atoms with Crippen molar-refractivity contribution in [1.82, 2.24) is 19.2 Å². The van der Waals surface area contributed by atoms with Crippen LogP contribution in [0, 0.1) is 5.92 Å². The Kier molecular flexibility index (Phi) is 10.8. The van der Waals surface area contributed by atoms with Crippen LogP contribution < -0.4 is 4.74 Å². The van der Waals surface area contributed by atoms with Crippen molar-refractivity contribution in [3.05, 3.63) is 84.4 Å². The molecular weight excluding hydrogens is 520 g/mol. The van der Waals surface area contributed by atoms with Crippen molar-refractivity contribution in [3.63, 3.8) is 0 Å². The highest BCUT2D eigenvalue weighted by Gasteiger charge is 2.34. The van der Waals surface area contributed by atoms with Crippen molar-refractivity contribution >= 4 is 16.1 Å². The molecule has 0 radical (unpaired) electrons. The van der Waals surface area contributed by atoms with Crippen LogP contribution in [0.4, 0.5) is 4.79 Å². The number of hydrogen-bond donors (Lipinski definition) is 1. The third kappa shape index (κ3) is 8.47. The molecule has 0 fully saturated rings. The molecule has 0 bridgehead atoms. The van der Waals surface area contributed by atoms with E-state index in [0.717, 1.165) is 5.56 Å². The Bertz CT molecular complexity index is 1270. The topological polar surface area (TPSA) is 122 Å². The van der Waals surface area contributed by atoms with Crippen LogP contribution in [0.1, 0.15) is 25.0 Å². The normalized spacial score (nSPS) is 13.2. The molecule has 0 unspecified atom stereocenters. The Morgan fingerprint density at radius 3 is 2.21 bits per heavy atom. The van der Waals surface area contributed by atoms with Crippen LogP contribution in [0.2, 0.25) is 0 Å². The van der Waals surface area contributed by atoms with Crippen LogP contribution in [0.3, 0.4) is 0 Å². The predicted molar refractivity (Wildman–Crippen MR) is 147 cm³/mol. The third-order valence-electron chi connectivity index (χ3n) is 6.15. The molecule has 2 atom stereocenters. The number of methoxy groups -OCH3 is 1. The summed E-state index contributed by atoms with van der Waals surface area (Å²) in [5.74, 6) is 0.531. The molecule has 210 valence electrons. The lowest BCUT2D eigenvalue weighted by molar-refractivity contribution is 0.0331. The molecule has 0 aliphatic rings. The van der Waals surface area contributed by atoms with E-state index < -0.39 is 28.3 Å². The summed E-state index contributed by atoms with van der Waals surface area (Å²) in [4.78, 5) is 22.2. The number of sulfonamides is 1. The molecule has 1 amide bonds. The van der Waals surface area contributed by atoms with Crippen LogP contribution >= 0.6 is 0 Å². The molecule has 3 aromatic rings. The van der Waals surface area contributed by atoms with Crippen LogP contribution in [0.15, 0.2) is 78.2 Å². The van der Waals surface area contributed by atoms with Gasteiger partial charge in [-0.25, -0.2) is 23.2 Å². The molecule has 11 heteroatoms. The minimum Gasteiger partial charge on any atom is -0.497 e. The van der Waals surface area contributed by atoms with Crippen molar-refractivity contribution in [1.29, 1.82) is 0 Å². The molecular formula is C28H36N4O6S. The van der Waals surface area contributed by atoms with Gasteiger partial charge in [-0.2, -0.15) is 4.31 Å². The highest BCUT2D eigenvalue weighted by Crippen LogP contribution is 2.23. The molecule has 0 aliphatic carbocycles. The van der Waals surface area contributed by atoms with E-state index >= 15 is 0 Å². The first-order chi connectivity index (χ1) is 18.6. The lowest BCUT2D eigenvalue weighted by atomic mass is 10.00. The van der Waals surface area contributed by atoms with Crippen LogP contribution in [0.25, 0.3) is 0 Å². The molecule has 10 nitrogen and oxygen atoms in total. The zero-order valence-electron chi connectivity index (χ0n) is 22.7. The molecule has 2 aromatic carbocycles. The van der Waals surface area contributed by atoms with Crippen LogP contribution in [-0.2, 0) is 27.8 Å². The Morgan fingerprint density at radius 1 is 0.974 bits per heavy atom. The van der Waals surface area contributed by atoms with Gasteiger partial charge in [0.25, 0.3) is 0 Å². The first-order valence-electron chi connectivity index (χ1n) is 12.6. The maximum absolute atomic E-state index is 13.6. The Hall–Kier alpha value is -3.54. The van der Waals surface area contributed by atoms with Gasteiger partial charge in [-0.1, -0.05) is 44.2 Å². The summed E-state index contributed by atoms with van der Waals surface area (Å²) < 4.78 is 39.1. The van der Waals surface area contributed by atoms with Gasteiger partial charge in [-0.05, 0) is 42.2 Å². The highest BCUT2D eigenvalue weighted by molar-refractivity contribution is 7.89. The number of aliphatic hydroxyl groups is 1. The smallest absolute Gasteiger partial charge is 0.410 e. The first kappa shape index (κ1) is 30.0. The van der Waals surface area contributed by atoms with E-state index in [1.807, 2.05) is 44.2 Å². The zero-order chi connectivity index (χ0) is 28.4. The number of carbonyl (C=O) groups excluding carboxylic acids is 1. The fourth-order valence-electron chi connectivity index (χ4n) is 4.08. The summed E-state index contributed by atoms with van der Waals surface area (Å²) >= 11 is 0. The van der Waals surface area contributed by atoms with Gasteiger partial charge in [-0.3, -0.25) is 0 Å². The molecule has 0 saturated heterocycles. The average Bonchev–Trinajstić information content (AvgIpc) is 2.94. The number of likely N-dealkylation sites (N-methyl/N-ethyl adjacent to an activating group) is 1. The quantitative estimate of drug-likeness (QED) is 0.340. The number of rotatable bonds is 13. The summed E-state index contributed by atoms with van der Waals surface area (Å²) in [5, 5.41) is 11.5. The lowest BCUT2D eigenvalue weighted by Gasteiger charge is -2.34. The molecule has 39 heavy (non-hydrogen) atoms. The SMILES string of the molecule is COc1ccc(S(=O)(=O)N(CC(C)C)C[C@@H](O)[C@H](Cc2ccccc2)N(C)C(=O)OCc2cncnc2)cc1. The summed E-state index contributed by atoms with van der Waals surface area (Å²) in [5.41, 5.74) is 1.50. The average molecular weight is 557 g/mol. The molecule has 1 heterocycles. The van der Waals surface area contributed by atoms with Crippen LogP contribution in [0.5, 0.6) is 5.75 Å². The highest BCUT2D eigenvalue weighted by atomic mass is 32.2. The third-order valence-corrected chi connectivity index (χ3v) is 8.00. The van der Waals surface area contributed by atoms with E-state index in [4.69, 9.17) is 9.47 Å². The number of amides is 1. The predicted octanol–water partition coefficient (Wildman–Crippen LogP) is 3.37. The largest absolute Gasteiger partial charge is 0.497 e.